The highest BCUT2D eigenvalue weighted by atomic mass is 35.5. The molecule has 3 aromatic rings. The van der Waals surface area contributed by atoms with Crippen LogP contribution in [0.5, 0.6) is 0 Å². The molecule has 0 bridgehead atoms. The Morgan fingerprint density at radius 3 is 2.13 bits per heavy atom. The van der Waals surface area contributed by atoms with Gasteiger partial charge in [0.05, 0.1) is 20.8 Å². The van der Waals surface area contributed by atoms with Gasteiger partial charge in [-0.05, 0) is 54.6 Å². The van der Waals surface area contributed by atoms with Gasteiger partial charge in [0.15, 0.2) is 0 Å². The van der Waals surface area contributed by atoms with Crippen molar-refractivity contribution < 1.29 is 9.59 Å². The number of para-hydroxylation sites is 1. The van der Waals surface area contributed by atoms with Crippen molar-refractivity contribution in [2.45, 2.75) is 4.90 Å². The highest BCUT2D eigenvalue weighted by molar-refractivity contribution is 8.04. The average molecular weight is 510 g/mol. The van der Waals surface area contributed by atoms with Crippen molar-refractivity contribution in [1.82, 2.24) is 0 Å². The highest BCUT2D eigenvalue weighted by Crippen LogP contribution is 2.40. The third-order valence-electron chi connectivity index (χ3n) is 4.36. The molecule has 4 nitrogen and oxygen atoms in total. The molecule has 0 saturated carbocycles. The first-order valence-electron chi connectivity index (χ1n) is 8.88. The summed E-state index contributed by atoms with van der Waals surface area (Å²) in [7, 11) is 0. The highest BCUT2D eigenvalue weighted by Gasteiger charge is 2.41. The molecule has 0 fully saturated rings. The number of carbonyl (C=O) groups is 2. The number of carbonyl (C=O) groups excluding carboxylic acids is 2. The topological polar surface area (TPSA) is 49.4 Å². The first kappa shape index (κ1) is 22.1. The third kappa shape index (κ3) is 4.56. The van der Waals surface area contributed by atoms with Crippen molar-refractivity contribution in [2.24, 2.45) is 0 Å². The quantitative estimate of drug-likeness (QED) is 0.367. The van der Waals surface area contributed by atoms with Crippen LogP contribution in [-0.4, -0.2) is 11.8 Å². The van der Waals surface area contributed by atoms with Gasteiger partial charge in [0.1, 0.15) is 10.6 Å². The lowest BCUT2D eigenvalue weighted by molar-refractivity contribution is -0.120. The van der Waals surface area contributed by atoms with E-state index in [1.54, 1.807) is 66.7 Å². The number of hydrogen-bond donors (Lipinski definition) is 1. The Kier molecular flexibility index (Phi) is 6.51. The number of amides is 2. The van der Waals surface area contributed by atoms with E-state index in [-0.39, 0.29) is 15.6 Å². The average Bonchev–Trinajstić information content (AvgIpc) is 2.97. The Morgan fingerprint density at radius 2 is 1.45 bits per heavy atom. The molecule has 0 radical (unpaired) electrons. The van der Waals surface area contributed by atoms with E-state index in [2.05, 4.69) is 5.32 Å². The van der Waals surface area contributed by atoms with Gasteiger partial charge in [0.2, 0.25) is 0 Å². The van der Waals surface area contributed by atoms with Crippen molar-refractivity contribution >= 4 is 81.4 Å². The zero-order valence-electron chi connectivity index (χ0n) is 15.5. The van der Waals surface area contributed by atoms with Crippen molar-refractivity contribution in [2.75, 3.05) is 10.2 Å². The SMILES string of the molecule is O=C1C(Nc2ccc(Cl)c(Cl)c2)=C(Sc2ccc(Cl)cc2)C(=O)N1c1ccccc1Cl. The number of rotatable bonds is 5. The molecule has 0 saturated heterocycles. The van der Waals surface area contributed by atoms with Gasteiger partial charge in [0, 0.05) is 15.6 Å². The minimum atomic E-state index is -0.527. The molecule has 31 heavy (non-hydrogen) atoms. The first-order valence-corrected chi connectivity index (χ1v) is 11.2. The van der Waals surface area contributed by atoms with E-state index in [0.717, 1.165) is 21.6 Å². The number of imide groups is 1. The van der Waals surface area contributed by atoms with Crippen molar-refractivity contribution in [3.8, 4) is 0 Å². The summed E-state index contributed by atoms with van der Waals surface area (Å²) in [6.07, 6.45) is 0. The molecule has 9 heteroatoms. The van der Waals surface area contributed by atoms with Crippen molar-refractivity contribution in [3.63, 3.8) is 0 Å². The molecule has 0 unspecified atom stereocenters. The molecule has 1 heterocycles. The molecule has 0 aromatic heterocycles. The number of nitrogens with one attached hydrogen (secondary N) is 1. The van der Waals surface area contributed by atoms with Crippen LogP contribution in [0.1, 0.15) is 0 Å². The molecule has 156 valence electrons. The number of halogens is 4. The van der Waals surface area contributed by atoms with Gasteiger partial charge in [0.25, 0.3) is 11.8 Å². The molecule has 0 aliphatic carbocycles. The molecule has 3 aromatic carbocycles. The van der Waals surface area contributed by atoms with Crippen LogP contribution >= 0.6 is 58.2 Å². The second-order valence-electron chi connectivity index (χ2n) is 6.41. The summed E-state index contributed by atoms with van der Waals surface area (Å²) in [6, 6.07) is 18.5. The summed E-state index contributed by atoms with van der Waals surface area (Å²) >= 11 is 25.5. The Bertz CT molecular complexity index is 1230. The molecule has 2 amide bonds. The second kappa shape index (κ2) is 9.15. The summed E-state index contributed by atoms with van der Waals surface area (Å²) in [5, 5.41) is 4.58. The summed E-state index contributed by atoms with van der Waals surface area (Å²) in [5.41, 5.74) is 0.934. The van der Waals surface area contributed by atoms with Gasteiger partial charge < -0.3 is 5.32 Å². The van der Waals surface area contributed by atoms with Crippen LogP contribution < -0.4 is 10.2 Å². The smallest absolute Gasteiger partial charge is 0.283 e. The number of hydrogen-bond acceptors (Lipinski definition) is 4. The summed E-state index contributed by atoms with van der Waals surface area (Å²) < 4.78 is 0. The van der Waals surface area contributed by atoms with Crippen LogP contribution in [0.3, 0.4) is 0 Å². The zero-order chi connectivity index (χ0) is 22.1. The summed E-state index contributed by atoms with van der Waals surface area (Å²) in [4.78, 5) is 28.7. The lowest BCUT2D eigenvalue weighted by Crippen LogP contribution is -2.32. The maximum absolute atomic E-state index is 13.3. The van der Waals surface area contributed by atoms with Gasteiger partial charge in [-0.2, -0.15) is 0 Å². The number of anilines is 2. The Balaban J connectivity index is 1.77. The van der Waals surface area contributed by atoms with Gasteiger partial charge in [-0.15, -0.1) is 0 Å². The standard InChI is InChI=1S/C22H12Cl4N2O2S/c23-12-5-8-14(9-6-12)31-20-19(27-13-7-10-15(24)17(26)11-13)21(29)28(22(20)30)18-4-2-1-3-16(18)25/h1-11,27H. The van der Waals surface area contributed by atoms with E-state index in [0.29, 0.717) is 26.4 Å². The van der Waals surface area contributed by atoms with Crippen LogP contribution in [-0.2, 0) is 9.59 Å². The molecule has 4 rings (SSSR count). The van der Waals surface area contributed by atoms with E-state index in [4.69, 9.17) is 46.4 Å². The largest absolute Gasteiger partial charge is 0.350 e. The van der Waals surface area contributed by atoms with Crippen LogP contribution in [0.4, 0.5) is 11.4 Å². The molecule has 1 aliphatic heterocycles. The third-order valence-corrected chi connectivity index (χ3v) is 6.76. The Labute approximate surface area is 202 Å². The van der Waals surface area contributed by atoms with Gasteiger partial charge >= 0.3 is 0 Å². The van der Waals surface area contributed by atoms with Crippen LogP contribution in [0.2, 0.25) is 20.1 Å². The molecule has 1 aliphatic rings. The summed E-state index contributed by atoms with van der Waals surface area (Å²) in [6.45, 7) is 0. The molecule has 0 spiro atoms. The fraction of sp³-hybridized carbons (Fsp3) is 0. The minimum Gasteiger partial charge on any atom is -0.350 e. The molecule has 1 N–H and O–H groups in total. The number of thioether (sulfide) groups is 1. The lowest BCUT2D eigenvalue weighted by atomic mass is 10.3. The van der Waals surface area contributed by atoms with Gasteiger partial charge in [-0.25, -0.2) is 4.90 Å². The van der Waals surface area contributed by atoms with E-state index >= 15 is 0 Å². The minimum absolute atomic E-state index is 0.114. The van der Waals surface area contributed by atoms with E-state index < -0.39 is 11.8 Å². The van der Waals surface area contributed by atoms with Gasteiger partial charge in [-0.3, -0.25) is 9.59 Å². The fourth-order valence-electron chi connectivity index (χ4n) is 2.91. The predicted octanol–water partition coefficient (Wildman–Crippen LogP) is 7.29. The Morgan fingerprint density at radius 1 is 0.742 bits per heavy atom. The van der Waals surface area contributed by atoms with Crippen molar-refractivity contribution in [1.29, 1.82) is 0 Å². The Hall–Kier alpha value is -2.15. The number of nitrogens with zero attached hydrogens (tertiary/aromatic N) is 1. The van der Waals surface area contributed by atoms with Crippen molar-refractivity contribution in [3.05, 3.63) is 97.4 Å². The van der Waals surface area contributed by atoms with Crippen LogP contribution in [0.15, 0.2) is 82.2 Å². The predicted molar refractivity (Wildman–Crippen MR) is 128 cm³/mol. The monoisotopic (exact) mass is 508 g/mol. The molecule has 0 atom stereocenters. The van der Waals surface area contributed by atoms with Crippen LogP contribution in [0.25, 0.3) is 0 Å². The first-order chi connectivity index (χ1) is 14.8. The van der Waals surface area contributed by atoms with E-state index in [9.17, 15) is 9.59 Å². The van der Waals surface area contributed by atoms with Crippen LogP contribution in [0, 0.1) is 0 Å². The number of benzene rings is 3. The van der Waals surface area contributed by atoms with E-state index in [1.807, 2.05) is 0 Å². The molecular weight excluding hydrogens is 498 g/mol. The maximum atomic E-state index is 13.3. The van der Waals surface area contributed by atoms with E-state index in [1.165, 1.54) is 0 Å². The zero-order valence-corrected chi connectivity index (χ0v) is 19.4. The second-order valence-corrected chi connectivity index (χ2v) is 9.15. The summed E-state index contributed by atoms with van der Waals surface area (Å²) in [5.74, 6) is -1.01. The fourth-order valence-corrected chi connectivity index (χ4v) is 4.48. The normalized spacial score (nSPS) is 13.9. The van der Waals surface area contributed by atoms with Gasteiger partial charge in [-0.1, -0.05) is 70.3 Å². The lowest BCUT2D eigenvalue weighted by Gasteiger charge is -2.16. The maximum Gasteiger partial charge on any atom is 0.283 e. The molecular formula is C22H12Cl4N2O2S.